The average molecular weight is 432 g/mol. The summed E-state index contributed by atoms with van der Waals surface area (Å²) >= 11 is 6.33. The van der Waals surface area contributed by atoms with E-state index in [1.165, 1.54) is 0 Å². The van der Waals surface area contributed by atoms with Gasteiger partial charge in [-0.3, -0.25) is 14.6 Å². The lowest BCUT2D eigenvalue weighted by atomic mass is 10.1. The van der Waals surface area contributed by atoms with Crippen LogP contribution in [0.1, 0.15) is 37.7 Å². The number of halogens is 1. The van der Waals surface area contributed by atoms with Crippen molar-refractivity contribution in [1.82, 2.24) is 19.5 Å². The van der Waals surface area contributed by atoms with Crippen LogP contribution < -0.4 is 11.2 Å². The molecule has 2 aliphatic rings. The van der Waals surface area contributed by atoms with Crippen molar-refractivity contribution in [3.8, 4) is 11.5 Å². The predicted molar refractivity (Wildman–Crippen MR) is 110 cm³/mol. The summed E-state index contributed by atoms with van der Waals surface area (Å²) in [6, 6.07) is 3.28. The van der Waals surface area contributed by atoms with E-state index in [4.69, 9.17) is 22.2 Å². The first kappa shape index (κ1) is 21.3. The third kappa shape index (κ3) is 4.76. The Morgan fingerprint density at radius 2 is 2.00 bits per heavy atom. The minimum Gasteiger partial charge on any atom is -0.481 e. The van der Waals surface area contributed by atoms with Gasteiger partial charge < -0.3 is 9.67 Å². The van der Waals surface area contributed by atoms with Crippen molar-refractivity contribution in [2.45, 2.75) is 45.2 Å². The van der Waals surface area contributed by atoms with Gasteiger partial charge in [0, 0.05) is 22.9 Å². The Morgan fingerprint density at radius 3 is 2.73 bits per heavy atom. The zero-order chi connectivity index (χ0) is 21.7. The lowest BCUT2D eigenvalue weighted by Gasteiger charge is -2.17. The van der Waals surface area contributed by atoms with Gasteiger partial charge in [-0.05, 0) is 36.1 Å². The number of azide groups is 1. The molecule has 2 heterocycles. The number of unbranched alkanes of at least 4 members (excludes halogenated alkanes) is 3. The molecule has 0 radical (unpaired) electrons. The number of fused-ring (bicyclic) bond motifs is 2. The number of H-pyrrole nitrogens is 1. The third-order valence-corrected chi connectivity index (χ3v) is 4.96. The molecule has 30 heavy (non-hydrogen) atoms. The van der Waals surface area contributed by atoms with Gasteiger partial charge in [0.15, 0.2) is 11.5 Å². The number of aromatic amines is 1. The Bertz CT molecular complexity index is 1230. The van der Waals surface area contributed by atoms with Crippen molar-refractivity contribution < 1.29 is 9.90 Å². The van der Waals surface area contributed by atoms with Crippen molar-refractivity contribution in [2.24, 2.45) is 5.11 Å². The number of carboxylic acids is 1. The average Bonchev–Trinajstić information content (AvgIpc) is 2.69. The first-order valence-corrected chi connectivity index (χ1v) is 9.64. The Labute approximate surface area is 174 Å². The van der Waals surface area contributed by atoms with E-state index in [0.717, 1.165) is 12.8 Å². The van der Waals surface area contributed by atoms with Crippen LogP contribution in [0.5, 0.6) is 0 Å². The molecule has 0 unspecified atom stereocenters. The van der Waals surface area contributed by atoms with E-state index in [0.29, 0.717) is 41.0 Å². The fraction of sp³-hybridized carbons (Fsp3) is 0.389. The summed E-state index contributed by atoms with van der Waals surface area (Å²) in [7, 11) is 0. The standard InChI is InChI=1S/C18H18ClN7O4/c19-11-8-13-12(7-10(11)9-21-25-20)22-15-16(23-18(30)24-17(15)29)26(13)6-4-2-1-3-5-14(27)28/h7-8H,1-6,9H2,(H,27,28)(H,24,29,30). The third-order valence-electron chi connectivity index (χ3n) is 4.60. The summed E-state index contributed by atoms with van der Waals surface area (Å²) in [5.74, 6) is -0.672. The maximum atomic E-state index is 12.3. The van der Waals surface area contributed by atoms with Gasteiger partial charge >= 0.3 is 11.7 Å². The topological polar surface area (TPSA) is 167 Å². The second-order valence-electron chi connectivity index (χ2n) is 6.69. The number of rotatable bonds is 9. The normalized spacial score (nSPS) is 11.0. The second-order valence-corrected chi connectivity index (χ2v) is 7.09. The molecule has 12 heteroatoms. The molecule has 1 aromatic rings. The van der Waals surface area contributed by atoms with E-state index >= 15 is 0 Å². The molecule has 0 saturated carbocycles. The number of carbonyl (C=O) groups is 1. The summed E-state index contributed by atoms with van der Waals surface area (Å²) in [5, 5.41) is 12.6. The summed E-state index contributed by atoms with van der Waals surface area (Å²) in [5.41, 5.74) is 8.74. The largest absolute Gasteiger partial charge is 0.481 e. The van der Waals surface area contributed by atoms with Crippen LogP contribution >= 0.6 is 11.6 Å². The number of hydrogen-bond donors (Lipinski definition) is 2. The van der Waals surface area contributed by atoms with Crippen molar-refractivity contribution >= 4 is 28.6 Å². The zero-order valence-corrected chi connectivity index (χ0v) is 16.6. The number of nitrogens with one attached hydrogen (secondary N) is 1. The summed E-state index contributed by atoms with van der Waals surface area (Å²) in [4.78, 5) is 47.8. The molecule has 2 N–H and O–H groups in total. The molecule has 0 amide bonds. The summed E-state index contributed by atoms with van der Waals surface area (Å²) < 4.78 is 1.72. The number of carboxylic acid groups (broad SMARTS) is 1. The minimum atomic E-state index is -0.826. The molecule has 3 rings (SSSR count). The highest BCUT2D eigenvalue weighted by Crippen LogP contribution is 2.28. The van der Waals surface area contributed by atoms with Gasteiger partial charge in [-0.1, -0.05) is 29.6 Å². The van der Waals surface area contributed by atoms with E-state index in [9.17, 15) is 14.4 Å². The molecule has 0 aliphatic carbocycles. The number of hydrogen-bond acceptors (Lipinski definition) is 6. The quantitative estimate of drug-likeness (QED) is 0.173. The van der Waals surface area contributed by atoms with Gasteiger partial charge in [0.25, 0.3) is 5.56 Å². The molecule has 0 saturated heterocycles. The van der Waals surface area contributed by atoms with Gasteiger partial charge in [-0.2, -0.15) is 4.98 Å². The van der Waals surface area contributed by atoms with Crippen molar-refractivity contribution in [3.63, 3.8) is 0 Å². The highest BCUT2D eigenvalue weighted by molar-refractivity contribution is 6.32. The molecule has 0 bridgehead atoms. The Morgan fingerprint density at radius 1 is 1.23 bits per heavy atom. The highest BCUT2D eigenvalue weighted by Gasteiger charge is 2.19. The van der Waals surface area contributed by atoms with Crippen LogP contribution in [-0.4, -0.2) is 30.6 Å². The summed E-state index contributed by atoms with van der Waals surface area (Å²) in [6.45, 7) is 0.465. The van der Waals surface area contributed by atoms with E-state index in [1.54, 1.807) is 16.7 Å². The van der Waals surface area contributed by atoms with Gasteiger partial charge in [0.1, 0.15) is 0 Å². The van der Waals surface area contributed by atoms with Gasteiger partial charge in [0.2, 0.25) is 0 Å². The van der Waals surface area contributed by atoms with Crippen molar-refractivity contribution in [2.75, 3.05) is 0 Å². The van der Waals surface area contributed by atoms with Gasteiger partial charge in [0.05, 0.1) is 17.6 Å². The monoisotopic (exact) mass is 431 g/mol. The van der Waals surface area contributed by atoms with Gasteiger partial charge in [-0.25, -0.2) is 9.78 Å². The first-order valence-electron chi connectivity index (χ1n) is 9.26. The molecule has 1 aromatic carbocycles. The maximum Gasteiger partial charge on any atom is 0.349 e. The molecule has 0 spiro atoms. The van der Waals surface area contributed by atoms with Crippen LogP contribution in [0, 0.1) is 0 Å². The smallest absolute Gasteiger partial charge is 0.349 e. The van der Waals surface area contributed by atoms with Gasteiger partial charge in [-0.15, -0.1) is 0 Å². The van der Waals surface area contributed by atoms with Crippen LogP contribution in [0.25, 0.3) is 33.0 Å². The molecular weight excluding hydrogens is 414 g/mol. The Balaban J connectivity index is 2.03. The molecule has 0 atom stereocenters. The fourth-order valence-electron chi connectivity index (χ4n) is 3.21. The number of aryl methyl sites for hydroxylation is 1. The fourth-order valence-corrected chi connectivity index (χ4v) is 3.43. The Hall–Kier alpha value is -3.43. The van der Waals surface area contributed by atoms with E-state index < -0.39 is 17.2 Å². The zero-order valence-electron chi connectivity index (χ0n) is 15.8. The highest BCUT2D eigenvalue weighted by atomic mass is 35.5. The molecule has 0 aromatic heterocycles. The first-order chi connectivity index (χ1) is 14.4. The lowest BCUT2D eigenvalue weighted by Crippen LogP contribution is -2.29. The molecular formula is C18H18ClN7O4. The summed E-state index contributed by atoms with van der Waals surface area (Å²) in [6.07, 6.45) is 2.88. The van der Waals surface area contributed by atoms with Crippen LogP contribution in [0.3, 0.4) is 0 Å². The number of benzene rings is 1. The van der Waals surface area contributed by atoms with E-state index in [1.807, 2.05) is 0 Å². The SMILES string of the molecule is [N-]=[N+]=NCc1cc2nc3c(=O)[nH]c(=O)nc-3n(CCCCCCC(=O)O)c2cc1Cl. The lowest BCUT2D eigenvalue weighted by molar-refractivity contribution is -0.137. The molecule has 156 valence electrons. The van der Waals surface area contributed by atoms with E-state index in [2.05, 4.69) is 25.0 Å². The molecule has 0 fully saturated rings. The molecule has 2 aliphatic heterocycles. The number of aliphatic carboxylic acids is 1. The second kappa shape index (κ2) is 9.38. The minimum absolute atomic E-state index is 0.0186. The maximum absolute atomic E-state index is 12.3. The van der Waals surface area contributed by atoms with E-state index in [-0.39, 0.29) is 24.5 Å². The number of nitrogens with zero attached hydrogens (tertiary/aromatic N) is 6. The van der Waals surface area contributed by atoms with Crippen molar-refractivity contribution in [3.05, 3.63) is 54.0 Å². The van der Waals surface area contributed by atoms with Crippen LogP contribution in [0.4, 0.5) is 0 Å². The van der Waals surface area contributed by atoms with Crippen LogP contribution in [0.15, 0.2) is 26.8 Å². The van der Waals surface area contributed by atoms with Crippen LogP contribution in [0.2, 0.25) is 5.02 Å². The van der Waals surface area contributed by atoms with Crippen molar-refractivity contribution in [1.29, 1.82) is 0 Å². The predicted octanol–water partition coefficient (Wildman–Crippen LogP) is 3.08. The molecule has 11 nitrogen and oxygen atoms in total. The Kier molecular flexibility index (Phi) is 6.65. The number of aromatic nitrogens is 4. The van der Waals surface area contributed by atoms with Crippen LogP contribution in [-0.2, 0) is 17.9 Å².